The van der Waals surface area contributed by atoms with E-state index in [1.165, 1.54) is 0 Å². The molecule has 0 fully saturated rings. The van der Waals surface area contributed by atoms with Crippen LogP contribution in [0.3, 0.4) is 0 Å². The number of rotatable bonds is 4. The molecule has 22 heavy (non-hydrogen) atoms. The van der Waals surface area contributed by atoms with Crippen molar-refractivity contribution in [2.45, 2.75) is 33.7 Å². The Labute approximate surface area is 130 Å². The minimum absolute atomic E-state index is 0.219. The van der Waals surface area contributed by atoms with E-state index < -0.39 is 23.5 Å². The third-order valence-electron chi connectivity index (χ3n) is 3.26. The Morgan fingerprint density at radius 1 is 1.32 bits per heavy atom. The van der Waals surface area contributed by atoms with Crippen molar-refractivity contribution in [1.29, 1.82) is 0 Å². The predicted octanol–water partition coefficient (Wildman–Crippen LogP) is 1.71. The molecule has 1 unspecified atom stereocenters. The Kier molecular flexibility index (Phi) is 4.32. The summed E-state index contributed by atoms with van der Waals surface area (Å²) < 4.78 is 4.94. The topological polar surface area (TPSA) is 110 Å². The fraction of sp³-hybridized carbons (Fsp3) is 0.429. The number of nitrogens with zero attached hydrogens (tertiary/aromatic N) is 1. The van der Waals surface area contributed by atoms with Crippen molar-refractivity contribution in [2.75, 3.05) is 0 Å². The first-order valence-electron chi connectivity index (χ1n) is 6.67. The van der Waals surface area contributed by atoms with Gasteiger partial charge >= 0.3 is 11.6 Å². The van der Waals surface area contributed by atoms with Crippen molar-refractivity contribution in [2.24, 2.45) is 5.92 Å². The third-order valence-corrected chi connectivity index (χ3v) is 4.44. The highest BCUT2D eigenvalue weighted by molar-refractivity contribution is 7.20. The zero-order valence-electron chi connectivity index (χ0n) is 12.6. The molecular formula is C14H16N2O5S. The van der Waals surface area contributed by atoms with E-state index in [1.807, 2.05) is 0 Å². The van der Waals surface area contributed by atoms with Crippen LogP contribution in [-0.2, 0) is 4.79 Å². The van der Waals surface area contributed by atoms with Gasteiger partial charge in [-0.25, -0.2) is 14.6 Å². The van der Waals surface area contributed by atoms with E-state index in [-0.39, 0.29) is 22.1 Å². The van der Waals surface area contributed by atoms with Crippen molar-refractivity contribution in [3.8, 4) is 0 Å². The summed E-state index contributed by atoms with van der Waals surface area (Å²) in [6.45, 7) is 6.58. The molecule has 0 spiro atoms. The van der Waals surface area contributed by atoms with Gasteiger partial charge in [0.2, 0.25) is 0 Å². The first-order valence-corrected chi connectivity index (χ1v) is 7.48. The van der Waals surface area contributed by atoms with E-state index >= 15 is 0 Å². The van der Waals surface area contributed by atoms with E-state index in [9.17, 15) is 14.4 Å². The average Bonchev–Trinajstić information content (AvgIpc) is 2.72. The minimum Gasteiger partial charge on any atom is -0.480 e. The fourth-order valence-corrected chi connectivity index (χ4v) is 3.22. The normalized spacial score (nSPS) is 12.6. The Hall–Kier alpha value is -2.22. The lowest BCUT2D eigenvalue weighted by molar-refractivity contribution is -0.140. The van der Waals surface area contributed by atoms with Crippen LogP contribution in [0.25, 0.3) is 10.2 Å². The highest BCUT2D eigenvalue weighted by Crippen LogP contribution is 2.27. The molecule has 0 saturated heterocycles. The van der Waals surface area contributed by atoms with E-state index in [4.69, 9.17) is 9.52 Å². The zero-order chi connectivity index (χ0) is 16.6. The molecule has 2 N–H and O–H groups in total. The van der Waals surface area contributed by atoms with Gasteiger partial charge in [0.05, 0.1) is 4.88 Å². The van der Waals surface area contributed by atoms with Crippen LogP contribution >= 0.6 is 11.3 Å². The van der Waals surface area contributed by atoms with Gasteiger partial charge in [0.15, 0.2) is 5.89 Å². The molecule has 1 amide bonds. The Morgan fingerprint density at radius 3 is 2.50 bits per heavy atom. The van der Waals surface area contributed by atoms with Crippen molar-refractivity contribution in [1.82, 2.24) is 10.3 Å². The summed E-state index contributed by atoms with van der Waals surface area (Å²) in [4.78, 5) is 40.2. The van der Waals surface area contributed by atoms with Gasteiger partial charge < -0.3 is 14.8 Å². The maximum atomic E-state index is 12.3. The van der Waals surface area contributed by atoms with Crippen LogP contribution in [0.1, 0.15) is 35.0 Å². The number of aromatic nitrogens is 1. The fourth-order valence-electron chi connectivity index (χ4n) is 2.11. The Bertz CT molecular complexity index is 805. The van der Waals surface area contributed by atoms with E-state index in [0.29, 0.717) is 10.4 Å². The largest absolute Gasteiger partial charge is 0.480 e. The summed E-state index contributed by atoms with van der Waals surface area (Å²) in [6.07, 6.45) is 0. The average molecular weight is 324 g/mol. The number of aryl methyl sites for hydroxylation is 2. The molecule has 0 aliphatic heterocycles. The molecule has 118 valence electrons. The Balaban J connectivity index is 2.45. The number of thiophene rings is 1. The lowest BCUT2D eigenvalue weighted by atomic mass is 10.0. The van der Waals surface area contributed by atoms with Gasteiger partial charge in [-0.15, -0.1) is 11.3 Å². The molecule has 2 heterocycles. The van der Waals surface area contributed by atoms with Crippen LogP contribution in [-0.4, -0.2) is 28.0 Å². The molecule has 0 aliphatic carbocycles. The number of hydrogen-bond acceptors (Lipinski definition) is 6. The van der Waals surface area contributed by atoms with Gasteiger partial charge in [0.1, 0.15) is 16.3 Å². The lowest BCUT2D eigenvalue weighted by Gasteiger charge is -2.17. The standard InChI is InChI=1S/C14H16N2O5S/c1-5(2)9(13(18)19)16-11(17)10-6(3)8-12(22-10)15-7(4)21-14(8)20/h5,9H,1-4H3,(H,16,17)(H,18,19). The van der Waals surface area contributed by atoms with Gasteiger partial charge in [-0.3, -0.25) is 4.79 Å². The number of carbonyl (C=O) groups excluding carboxylic acids is 1. The molecule has 0 saturated carbocycles. The summed E-state index contributed by atoms with van der Waals surface area (Å²) in [5.74, 6) is -1.67. The van der Waals surface area contributed by atoms with Gasteiger partial charge in [0.25, 0.3) is 5.91 Å². The van der Waals surface area contributed by atoms with E-state index in [0.717, 1.165) is 11.3 Å². The molecule has 0 radical (unpaired) electrons. The van der Waals surface area contributed by atoms with E-state index in [2.05, 4.69) is 10.3 Å². The third kappa shape index (κ3) is 2.87. The van der Waals surface area contributed by atoms with Crippen molar-refractivity contribution in [3.05, 3.63) is 26.8 Å². The second kappa shape index (κ2) is 5.88. The van der Waals surface area contributed by atoms with Crippen LogP contribution in [0.2, 0.25) is 0 Å². The zero-order valence-corrected chi connectivity index (χ0v) is 13.4. The molecule has 2 aromatic heterocycles. The van der Waals surface area contributed by atoms with Crippen molar-refractivity contribution < 1.29 is 19.1 Å². The molecule has 2 rings (SSSR count). The summed E-state index contributed by atoms with van der Waals surface area (Å²) in [7, 11) is 0. The number of hydrogen-bond donors (Lipinski definition) is 2. The van der Waals surface area contributed by atoms with Gasteiger partial charge in [-0.2, -0.15) is 0 Å². The molecule has 7 nitrogen and oxygen atoms in total. The molecule has 0 aromatic carbocycles. The molecule has 8 heteroatoms. The predicted molar refractivity (Wildman–Crippen MR) is 81.4 cm³/mol. The maximum absolute atomic E-state index is 12.3. The Morgan fingerprint density at radius 2 is 1.95 bits per heavy atom. The molecule has 0 bridgehead atoms. The van der Waals surface area contributed by atoms with Crippen LogP contribution in [0.15, 0.2) is 9.21 Å². The minimum atomic E-state index is -1.10. The molecular weight excluding hydrogens is 308 g/mol. The summed E-state index contributed by atoms with van der Waals surface area (Å²) in [6, 6.07) is -0.997. The van der Waals surface area contributed by atoms with Gasteiger partial charge in [-0.1, -0.05) is 13.8 Å². The second-order valence-electron chi connectivity index (χ2n) is 5.29. The number of carboxylic acid groups (broad SMARTS) is 1. The van der Waals surface area contributed by atoms with Crippen LogP contribution in [0.4, 0.5) is 0 Å². The van der Waals surface area contributed by atoms with Crippen LogP contribution < -0.4 is 10.9 Å². The first kappa shape index (κ1) is 16.2. The van der Waals surface area contributed by atoms with E-state index in [1.54, 1.807) is 27.7 Å². The van der Waals surface area contributed by atoms with Gasteiger partial charge in [-0.05, 0) is 18.4 Å². The second-order valence-corrected chi connectivity index (χ2v) is 6.29. The summed E-state index contributed by atoms with van der Waals surface area (Å²) in [5.41, 5.74) is -0.0967. The van der Waals surface area contributed by atoms with Crippen molar-refractivity contribution in [3.63, 3.8) is 0 Å². The highest BCUT2D eigenvalue weighted by Gasteiger charge is 2.27. The molecule has 0 aliphatic rings. The number of aliphatic carboxylic acids is 1. The smallest absolute Gasteiger partial charge is 0.348 e. The highest BCUT2D eigenvalue weighted by atomic mass is 32.1. The number of amides is 1. The first-order chi connectivity index (χ1) is 10.2. The number of carboxylic acids is 1. The van der Waals surface area contributed by atoms with Crippen molar-refractivity contribution >= 4 is 33.4 Å². The van der Waals surface area contributed by atoms with Crippen LogP contribution in [0, 0.1) is 19.8 Å². The lowest BCUT2D eigenvalue weighted by Crippen LogP contribution is -2.44. The van der Waals surface area contributed by atoms with Gasteiger partial charge in [0, 0.05) is 6.92 Å². The number of nitrogens with one attached hydrogen (secondary N) is 1. The molecule has 1 atom stereocenters. The quantitative estimate of drug-likeness (QED) is 0.886. The summed E-state index contributed by atoms with van der Waals surface area (Å²) >= 11 is 1.05. The molecule has 2 aromatic rings. The monoisotopic (exact) mass is 324 g/mol. The van der Waals surface area contributed by atoms with Crippen LogP contribution in [0.5, 0.6) is 0 Å². The number of carbonyl (C=O) groups is 2. The number of fused-ring (bicyclic) bond motifs is 1. The summed E-state index contributed by atoms with van der Waals surface area (Å²) in [5, 5.41) is 11.9. The SMILES string of the molecule is Cc1nc2sc(C(=O)NC(C(=O)O)C(C)C)c(C)c2c(=O)o1. The maximum Gasteiger partial charge on any atom is 0.348 e.